The molecule has 5 nitrogen and oxygen atoms in total. The molecule has 0 bridgehead atoms. The van der Waals surface area contributed by atoms with Crippen molar-refractivity contribution in [2.45, 2.75) is 49.3 Å². The Hall–Kier alpha value is -2.63. The third-order valence-corrected chi connectivity index (χ3v) is 6.15. The summed E-state index contributed by atoms with van der Waals surface area (Å²) in [6.45, 7) is 1.13. The molecular weight excluding hydrogens is 466 g/mol. The van der Waals surface area contributed by atoms with Crippen molar-refractivity contribution in [1.82, 2.24) is 5.32 Å². The van der Waals surface area contributed by atoms with Crippen LogP contribution in [-0.2, 0) is 27.4 Å². The smallest absolute Gasteiger partial charge is 0.416 e. The van der Waals surface area contributed by atoms with Gasteiger partial charge in [0.05, 0.1) is 29.4 Å². The first-order valence-electron chi connectivity index (χ1n) is 10.4. The van der Waals surface area contributed by atoms with E-state index in [1.165, 1.54) is 6.92 Å². The number of carbonyl (C=O) groups is 1. The zero-order chi connectivity index (χ0) is 25.4. The van der Waals surface area contributed by atoms with Crippen molar-refractivity contribution >= 4 is 5.97 Å². The maximum atomic E-state index is 13.2. The molecule has 0 amide bonds. The van der Waals surface area contributed by atoms with Crippen LogP contribution >= 0.6 is 0 Å². The van der Waals surface area contributed by atoms with E-state index in [0.29, 0.717) is 12.1 Å². The van der Waals surface area contributed by atoms with Gasteiger partial charge in [-0.15, -0.1) is 0 Å². The summed E-state index contributed by atoms with van der Waals surface area (Å²) in [6, 6.07) is 10.2. The predicted octanol–water partition coefficient (Wildman–Crippen LogP) is 4.86. The Labute approximate surface area is 191 Å². The van der Waals surface area contributed by atoms with Crippen molar-refractivity contribution in [2.24, 2.45) is 5.73 Å². The van der Waals surface area contributed by atoms with Gasteiger partial charge in [0.15, 0.2) is 0 Å². The molecule has 186 valence electrons. The van der Waals surface area contributed by atoms with Crippen LogP contribution in [0.1, 0.15) is 48.1 Å². The highest BCUT2D eigenvalue weighted by molar-refractivity contribution is 5.79. The van der Waals surface area contributed by atoms with E-state index < -0.39 is 46.6 Å². The largest absolute Gasteiger partial charge is 0.480 e. The Morgan fingerprint density at radius 3 is 2.06 bits per heavy atom. The van der Waals surface area contributed by atoms with Crippen LogP contribution in [0.25, 0.3) is 0 Å². The summed E-state index contributed by atoms with van der Waals surface area (Å²) >= 11 is 0. The van der Waals surface area contributed by atoms with E-state index in [-0.39, 0.29) is 37.6 Å². The number of ether oxygens (including phenoxy) is 1. The average molecular weight is 490 g/mol. The monoisotopic (exact) mass is 490 g/mol. The Kier molecular flexibility index (Phi) is 7.03. The number of aliphatic carboxylic acids is 1. The number of benzene rings is 2. The van der Waals surface area contributed by atoms with Crippen molar-refractivity contribution in [3.05, 3.63) is 70.8 Å². The summed E-state index contributed by atoms with van der Waals surface area (Å²) in [4.78, 5) is 11.5. The highest BCUT2D eigenvalue weighted by atomic mass is 19.4. The number of halogens is 6. The number of hydrogen-bond acceptors (Lipinski definition) is 4. The number of nitrogens with one attached hydrogen (secondary N) is 1. The second-order valence-corrected chi connectivity index (χ2v) is 8.56. The van der Waals surface area contributed by atoms with Crippen LogP contribution in [0.4, 0.5) is 26.3 Å². The molecule has 0 aromatic heterocycles. The average Bonchev–Trinajstić information content (AvgIpc) is 2.78. The van der Waals surface area contributed by atoms with E-state index in [1.54, 1.807) is 30.3 Å². The number of carboxylic acids is 1. The minimum absolute atomic E-state index is 0.0666. The Bertz CT molecular complexity index is 983. The lowest BCUT2D eigenvalue weighted by Gasteiger charge is -2.44. The molecule has 3 rings (SSSR count). The standard InChI is InChI=1S/C23H24F6N2O3/c1-14(15-9-17(22(24,25)26)11-18(10-15)23(27,28)29)34-13-21(16-5-3-2-4-6-16)8-7-20(30,12-31-21)19(32)33/h2-6,9-11,14,31H,7-8,12-13,30H2,1H3,(H,32,33)/t14?,20-,21+/m0/s1. The van der Waals surface area contributed by atoms with Gasteiger partial charge in [0.2, 0.25) is 0 Å². The topological polar surface area (TPSA) is 84.6 Å². The van der Waals surface area contributed by atoms with Gasteiger partial charge in [0.1, 0.15) is 5.54 Å². The summed E-state index contributed by atoms with van der Waals surface area (Å²) in [6.07, 6.45) is -10.7. The van der Waals surface area contributed by atoms with Gasteiger partial charge >= 0.3 is 18.3 Å². The number of alkyl halides is 6. The molecule has 4 N–H and O–H groups in total. The zero-order valence-electron chi connectivity index (χ0n) is 18.1. The van der Waals surface area contributed by atoms with Gasteiger partial charge < -0.3 is 20.9 Å². The fourth-order valence-electron chi connectivity index (χ4n) is 3.91. The number of carboxylic acid groups (broad SMARTS) is 1. The van der Waals surface area contributed by atoms with E-state index in [2.05, 4.69) is 5.32 Å². The van der Waals surface area contributed by atoms with E-state index in [0.717, 1.165) is 5.56 Å². The highest BCUT2D eigenvalue weighted by Crippen LogP contribution is 2.39. The summed E-state index contributed by atoms with van der Waals surface area (Å²) < 4.78 is 85.1. The molecule has 0 aliphatic carbocycles. The van der Waals surface area contributed by atoms with Gasteiger partial charge in [-0.25, -0.2) is 0 Å². The van der Waals surface area contributed by atoms with Crippen molar-refractivity contribution in [1.29, 1.82) is 0 Å². The number of rotatable bonds is 6. The molecule has 1 fully saturated rings. The molecule has 1 unspecified atom stereocenters. The van der Waals surface area contributed by atoms with Crippen molar-refractivity contribution in [2.75, 3.05) is 13.2 Å². The van der Waals surface area contributed by atoms with Crippen LogP contribution in [-0.4, -0.2) is 29.8 Å². The first kappa shape index (κ1) is 26.0. The predicted molar refractivity (Wildman–Crippen MR) is 111 cm³/mol. The number of piperidine rings is 1. The molecule has 2 aromatic carbocycles. The maximum absolute atomic E-state index is 13.2. The zero-order valence-corrected chi connectivity index (χ0v) is 18.1. The summed E-state index contributed by atoms with van der Waals surface area (Å²) in [7, 11) is 0. The van der Waals surface area contributed by atoms with Gasteiger partial charge in [0.25, 0.3) is 0 Å². The summed E-state index contributed by atoms with van der Waals surface area (Å²) in [5, 5.41) is 12.5. The molecule has 3 atom stereocenters. The molecule has 0 radical (unpaired) electrons. The molecule has 34 heavy (non-hydrogen) atoms. The fourth-order valence-corrected chi connectivity index (χ4v) is 3.91. The quantitative estimate of drug-likeness (QED) is 0.504. The Morgan fingerprint density at radius 1 is 1.06 bits per heavy atom. The van der Waals surface area contributed by atoms with E-state index in [4.69, 9.17) is 10.5 Å². The van der Waals surface area contributed by atoms with Crippen molar-refractivity contribution in [3.63, 3.8) is 0 Å². The fraction of sp³-hybridized carbons (Fsp3) is 0.435. The maximum Gasteiger partial charge on any atom is 0.416 e. The molecule has 0 saturated carbocycles. The van der Waals surface area contributed by atoms with Crippen LogP contribution in [0, 0.1) is 0 Å². The molecule has 11 heteroatoms. The third-order valence-electron chi connectivity index (χ3n) is 6.15. The number of nitrogens with two attached hydrogens (primary N) is 1. The molecule has 1 aliphatic heterocycles. The van der Waals surface area contributed by atoms with Gasteiger partial charge in [-0.05, 0) is 49.1 Å². The molecule has 2 aromatic rings. The second kappa shape index (κ2) is 9.20. The second-order valence-electron chi connectivity index (χ2n) is 8.56. The van der Waals surface area contributed by atoms with Gasteiger partial charge in [-0.2, -0.15) is 26.3 Å². The molecule has 1 aliphatic rings. The van der Waals surface area contributed by atoms with Crippen molar-refractivity contribution < 1.29 is 41.0 Å². The van der Waals surface area contributed by atoms with Gasteiger partial charge in [-0.3, -0.25) is 4.79 Å². The minimum Gasteiger partial charge on any atom is -0.480 e. The van der Waals surface area contributed by atoms with Crippen LogP contribution in [0.15, 0.2) is 48.5 Å². The lowest BCUT2D eigenvalue weighted by Crippen LogP contribution is -2.65. The van der Waals surface area contributed by atoms with Crippen LogP contribution in [0.3, 0.4) is 0 Å². The first-order valence-corrected chi connectivity index (χ1v) is 10.4. The molecular formula is C23H24F6N2O3. The lowest BCUT2D eigenvalue weighted by molar-refractivity contribution is -0.146. The molecule has 0 spiro atoms. The summed E-state index contributed by atoms with van der Waals surface area (Å²) in [5.74, 6) is -1.18. The summed E-state index contributed by atoms with van der Waals surface area (Å²) in [5.41, 5.74) is 1.12. The minimum atomic E-state index is -4.97. The van der Waals surface area contributed by atoms with Gasteiger partial charge in [0, 0.05) is 6.54 Å². The van der Waals surface area contributed by atoms with E-state index in [1.807, 2.05) is 0 Å². The van der Waals surface area contributed by atoms with E-state index >= 15 is 0 Å². The Morgan fingerprint density at radius 2 is 1.62 bits per heavy atom. The van der Waals surface area contributed by atoms with E-state index in [9.17, 15) is 36.2 Å². The van der Waals surface area contributed by atoms with Crippen LogP contribution in [0.2, 0.25) is 0 Å². The SMILES string of the molecule is CC(OC[C@@]1(c2ccccc2)CC[C@@](N)(C(=O)O)CN1)c1cc(C(F)(F)F)cc(C(F)(F)F)c1. The normalized spacial score (nSPS) is 24.6. The lowest BCUT2D eigenvalue weighted by atomic mass is 9.77. The molecule has 1 heterocycles. The first-order chi connectivity index (χ1) is 15.7. The van der Waals surface area contributed by atoms with Crippen molar-refractivity contribution in [3.8, 4) is 0 Å². The molecule has 1 saturated heterocycles. The third kappa shape index (κ3) is 5.53. The highest BCUT2D eigenvalue weighted by Gasteiger charge is 2.46. The van der Waals surface area contributed by atoms with Crippen LogP contribution < -0.4 is 11.1 Å². The Balaban J connectivity index is 1.89. The number of hydrogen-bond donors (Lipinski definition) is 3. The van der Waals surface area contributed by atoms with Gasteiger partial charge in [-0.1, -0.05) is 30.3 Å². The van der Waals surface area contributed by atoms with Crippen LogP contribution in [0.5, 0.6) is 0 Å².